The summed E-state index contributed by atoms with van der Waals surface area (Å²) in [6.07, 6.45) is 0.868. The molecule has 1 heterocycles. The summed E-state index contributed by atoms with van der Waals surface area (Å²) < 4.78 is 1.81. The maximum Gasteiger partial charge on any atom is 0.270 e. The lowest BCUT2D eigenvalue weighted by Gasteiger charge is -2.08. The molecule has 0 saturated carbocycles. The SMILES string of the molecule is CCCn1c(CO)nnc1Sc1ccc([N+](=O)[O-])cc1Cl. The first-order chi connectivity index (χ1) is 10.1. The van der Waals surface area contributed by atoms with Crippen LogP contribution in [-0.4, -0.2) is 24.8 Å². The van der Waals surface area contributed by atoms with Crippen LogP contribution in [0.3, 0.4) is 0 Å². The molecule has 0 fully saturated rings. The van der Waals surface area contributed by atoms with Crippen LogP contribution in [-0.2, 0) is 13.2 Å². The van der Waals surface area contributed by atoms with Gasteiger partial charge >= 0.3 is 0 Å². The molecule has 0 bridgehead atoms. The molecule has 7 nitrogen and oxygen atoms in total. The molecule has 0 aliphatic carbocycles. The Hall–Kier alpha value is -1.64. The van der Waals surface area contributed by atoms with E-state index in [-0.39, 0.29) is 17.3 Å². The lowest BCUT2D eigenvalue weighted by atomic mass is 10.3. The highest BCUT2D eigenvalue weighted by Gasteiger charge is 2.15. The third-order valence-corrected chi connectivity index (χ3v) is 4.19. The number of hydrogen-bond donors (Lipinski definition) is 1. The van der Waals surface area contributed by atoms with Gasteiger partial charge in [-0.2, -0.15) is 0 Å². The fourth-order valence-corrected chi connectivity index (χ4v) is 2.91. The average molecular weight is 329 g/mol. The minimum absolute atomic E-state index is 0.0598. The first kappa shape index (κ1) is 15.7. The van der Waals surface area contributed by atoms with E-state index >= 15 is 0 Å². The molecule has 112 valence electrons. The Labute approximate surface area is 130 Å². The molecular weight excluding hydrogens is 316 g/mol. The Morgan fingerprint density at radius 1 is 1.48 bits per heavy atom. The van der Waals surface area contributed by atoms with Gasteiger partial charge in [0.2, 0.25) is 0 Å². The Balaban J connectivity index is 2.30. The van der Waals surface area contributed by atoms with Crippen LogP contribution < -0.4 is 0 Å². The van der Waals surface area contributed by atoms with Crippen LogP contribution in [0.15, 0.2) is 28.3 Å². The normalized spacial score (nSPS) is 10.8. The van der Waals surface area contributed by atoms with E-state index < -0.39 is 4.92 Å². The molecule has 2 rings (SSSR count). The summed E-state index contributed by atoms with van der Waals surface area (Å²) in [5.41, 5.74) is -0.0598. The molecule has 0 aliphatic rings. The molecule has 0 atom stereocenters. The van der Waals surface area contributed by atoms with Crippen molar-refractivity contribution in [1.82, 2.24) is 14.8 Å². The number of nitrogens with zero attached hydrogens (tertiary/aromatic N) is 4. The number of nitro benzene ring substituents is 1. The zero-order valence-corrected chi connectivity index (χ0v) is 12.8. The Bertz CT molecular complexity index is 662. The first-order valence-corrected chi connectivity index (χ1v) is 7.41. The fourth-order valence-electron chi connectivity index (χ4n) is 1.74. The highest BCUT2D eigenvalue weighted by atomic mass is 35.5. The number of aromatic nitrogens is 3. The first-order valence-electron chi connectivity index (χ1n) is 6.21. The zero-order valence-electron chi connectivity index (χ0n) is 11.2. The summed E-state index contributed by atoms with van der Waals surface area (Å²) in [6.45, 7) is 2.49. The summed E-state index contributed by atoms with van der Waals surface area (Å²) in [4.78, 5) is 10.8. The molecule has 9 heteroatoms. The van der Waals surface area contributed by atoms with Gasteiger partial charge in [0.25, 0.3) is 5.69 Å². The Morgan fingerprint density at radius 2 is 2.24 bits per heavy atom. The van der Waals surface area contributed by atoms with Gasteiger partial charge in [0.1, 0.15) is 6.61 Å². The van der Waals surface area contributed by atoms with Crippen molar-refractivity contribution in [2.24, 2.45) is 0 Å². The van der Waals surface area contributed by atoms with Gasteiger partial charge in [-0.1, -0.05) is 18.5 Å². The lowest BCUT2D eigenvalue weighted by molar-refractivity contribution is -0.384. The van der Waals surface area contributed by atoms with Gasteiger partial charge in [-0.05, 0) is 24.2 Å². The summed E-state index contributed by atoms with van der Waals surface area (Å²) in [5.74, 6) is 0.484. The molecule has 1 aromatic heterocycles. The zero-order chi connectivity index (χ0) is 15.4. The number of benzene rings is 1. The maximum absolute atomic E-state index is 10.7. The van der Waals surface area contributed by atoms with Crippen molar-refractivity contribution in [3.05, 3.63) is 39.2 Å². The van der Waals surface area contributed by atoms with Gasteiger partial charge < -0.3 is 9.67 Å². The van der Waals surface area contributed by atoms with Crippen molar-refractivity contribution in [3.63, 3.8) is 0 Å². The quantitative estimate of drug-likeness (QED) is 0.647. The fraction of sp³-hybridized carbons (Fsp3) is 0.333. The number of hydrogen-bond acceptors (Lipinski definition) is 6. The van der Waals surface area contributed by atoms with E-state index in [9.17, 15) is 15.2 Å². The predicted molar refractivity (Wildman–Crippen MR) is 78.5 cm³/mol. The Kier molecular flexibility index (Phi) is 5.16. The third kappa shape index (κ3) is 3.52. The standard InChI is InChI=1S/C12H13ClN4O3S/c1-2-5-16-11(7-18)14-15-12(16)21-10-4-3-8(17(19)20)6-9(10)13/h3-4,6,18H,2,5,7H2,1H3. The Morgan fingerprint density at radius 3 is 2.81 bits per heavy atom. The van der Waals surface area contributed by atoms with Crippen LogP contribution in [0.5, 0.6) is 0 Å². The average Bonchev–Trinajstić information content (AvgIpc) is 2.83. The predicted octanol–water partition coefficient (Wildman–Crippen LogP) is 2.89. The van der Waals surface area contributed by atoms with E-state index in [0.29, 0.717) is 22.4 Å². The van der Waals surface area contributed by atoms with E-state index in [4.69, 9.17) is 11.6 Å². The van der Waals surface area contributed by atoms with Crippen LogP contribution in [0.25, 0.3) is 0 Å². The van der Waals surface area contributed by atoms with Gasteiger partial charge in [-0.15, -0.1) is 10.2 Å². The number of aliphatic hydroxyl groups is 1. The third-order valence-electron chi connectivity index (χ3n) is 2.71. The van der Waals surface area contributed by atoms with Gasteiger partial charge in [-0.3, -0.25) is 10.1 Å². The second-order valence-corrected chi connectivity index (χ2v) is 5.60. The van der Waals surface area contributed by atoms with Crippen LogP contribution in [0, 0.1) is 10.1 Å². The molecule has 1 aromatic carbocycles. The number of rotatable bonds is 6. The lowest BCUT2D eigenvalue weighted by Crippen LogP contribution is -2.04. The number of halogens is 1. The highest BCUT2D eigenvalue weighted by molar-refractivity contribution is 7.99. The van der Waals surface area contributed by atoms with E-state index in [1.807, 2.05) is 11.5 Å². The molecule has 0 spiro atoms. The summed E-state index contributed by atoms with van der Waals surface area (Å²) >= 11 is 7.32. The van der Waals surface area contributed by atoms with E-state index in [0.717, 1.165) is 6.42 Å². The summed E-state index contributed by atoms with van der Waals surface area (Å²) in [5, 5.41) is 28.7. The van der Waals surface area contributed by atoms with Crippen LogP contribution in [0.2, 0.25) is 5.02 Å². The largest absolute Gasteiger partial charge is 0.388 e. The van der Waals surface area contributed by atoms with Crippen LogP contribution in [0.4, 0.5) is 5.69 Å². The minimum Gasteiger partial charge on any atom is -0.388 e. The van der Waals surface area contributed by atoms with E-state index in [1.54, 1.807) is 6.07 Å². The van der Waals surface area contributed by atoms with Gasteiger partial charge in [0.15, 0.2) is 11.0 Å². The second-order valence-electron chi connectivity index (χ2n) is 4.18. The van der Waals surface area contributed by atoms with Crippen molar-refractivity contribution in [1.29, 1.82) is 0 Å². The molecule has 2 aromatic rings. The molecule has 0 radical (unpaired) electrons. The minimum atomic E-state index is -0.496. The van der Waals surface area contributed by atoms with Crippen molar-refractivity contribution in [2.75, 3.05) is 0 Å². The number of non-ortho nitro benzene ring substituents is 1. The summed E-state index contributed by atoms with van der Waals surface area (Å²) in [7, 11) is 0. The van der Waals surface area contributed by atoms with Gasteiger partial charge in [0.05, 0.1) is 9.95 Å². The van der Waals surface area contributed by atoms with Crippen LogP contribution >= 0.6 is 23.4 Å². The molecule has 21 heavy (non-hydrogen) atoms. The molecule has 0 saturated heterocycles. The van der Waals surface area contributed by atoms with Crippen molar-refractivity contribution >= 4 is 29.1 Å². The number of aliphatic hydroxyl groups excluding tert-OH is 1. The van der Waals surface area contributed by atoms with Crippen LogP contribution in [0.1, 0.15) is 19.2 Å². The second kappa shape index (κ2) is 6.88. The molecule has 1 N–H and O–H groups in total. The van der Waals surface area contributed by atoms with Gasteiger partial charge in [0, 0.05) is 23.6 Å². The van der Waals surface area contributed by atoms with E-state index in [1.165, 1.54) is 23.9 Å². The van der Waals surface area contributed by atoms with E-state index in [2.05, 4.69) is 10.2 Å². The molecule has 0 unspecified atom stereocenters. The van der Waals surface area contributed by atoms with Crippen molar-refractivity contribution in [2.45, 2.75) is 36.5 Å². The van der Waals surface area contributed by atoms with Crippen molar-refractivity contribution in [3.8, 4) is 0 Å². The maximum atomic E-state index is 10.7. The highest BCUT2D eigenvalue weighted by Crippen LogP contribution is 2.34. The van der Waals surface area contributed by atoms with Gasteiger partial charge in [-0.25, -0.2) is 0 Å². The smallest absolute Gasteiger partial charge is 0.270 e. The molecular formula is C12H13ClN4O3S. The monoisotopic (exact) mass is 328 g/mol. The topological polar surface area (TPSA) is 94.1 Å². The molecule has 0 amide bonds. The van der Waals surface area contributed by atoms with Crippen molar-refractivity contribution < 1.29 is 10.0 Å². The summed E-state index contributed by atoms with van der Waals surface area (Å²) in [6, 6.07) is 4.27. The number of nitro groups is 1. The molecule has 0 aliphatic heterocycles.